The first kappa shape index (κ1) is 15.2. The van der Waals surface area contributed by atoms with Crippen LogP contribution >= 0.6 is 11.7 Å². The molecule has 1 N–H and O–H groups in total. The van der Waals surface area contributed by atoms with Gasteiger partial charge in [0.25, 0.3) is 5.91 Å². The predicted molar refractivity (Wildman–Crippen MR) is 89.8 cm³/mol. The fraction of sp³-hybridized carbons (Fsp3) is 0.118. The van der Waals surface area contributed by atoms with Crippen molar-refractivity contribution in [3.8, 4) is 5.75 Å². The van der Waals surface area contributed by atoms with Crippen molar-refractivity contribution in [2.75, 3.05) is 5.32 Å². The summed E-state index contributed by atoms with van der Waals surface area (Å²) >= 11 is 1.17. The van der Waals surface area contributed by atoms with Crippen molar-refractivity contribution in [2.45, 2.75) is 13.5 Å². The number of benzene rings is 2. The molecular weight excluding hydrogens is 310 g/mol. The Kier molecular flexibility index (Phi) is 4.63. The molecule has 5 nitrogen and oxygen atoms in total. The van der Waals surface area contributed by atoms with E-state index in [1.807, 2.05) is 43.3 Å². The zero-order valence-electron chi connectivity index (χ0n) is 12.5. The van der Waals surface area contributed by atoms with Gasteiger partial charge in [0, 0.05) is 11.3 Å². The van der Waals surface area contributed by atoms with Gasteiger partial charge in [-0.25, -0.2) is 0 Å². The molecule has 116 valence electrons. The number of hydrogen-bond acceptors (Lipinski definition) is 5. The minimum Gasteiger partial charge on any atom is -0.487 e. The predicted octanol–water partition coefficient (Wildman–Crippen LogP) is 3.68. The smallest absolute Gasteiger partial charge is 0.255 e. The van der Waals surface area contributed by atoms with E-state index in [1.165, 1.54) is 11.7 Å². The molecule has 0 fully saturated rings. The number of carbonyl (C=O) groups excluding carboxylic acids is 1. The molecule has 6 heteroatoms. The molecule has 0 aliphatic rings. The summed E-state index contributed by atoms with van der Waals surface area (Å²) in [4.78, 5) is 12.3. The van der Waals surface area contributed by atoms with Crippen LogP contribution in [0.4, 0.5) is 5.69 Å². The molecule has 0 aliphatic heterocycles. The van der Waals surface area contributed by atoms with Crippen molar-refractivity contribution in [1.29, 1.82) is 0 Å². The third-order valence-corrected chi connectivity index (χ3v) is 3.91. The zero-order valence-corrected chi connectivity index (χ0v) is 13.3. The lowest BCUT2D eigenvalue weighted by atomic mass is 10.2. The van der Waals surface area contributed by atoms with Crippen LogP contribution in [0, 0.1) is 6.92 Å². The first-order valence-electron chi connectivity index (χ1n) is 7.09. The second-order valence-electron chi connectivity index (χ2n) is 4.93. The quantitative estimate of drug-likeness (QED) is 0.777. The average molecular weight is 325 g/mol. The fourth-order valence-corrected chi connectivity index (χ4v) is 2.54. The molecule has 0 unspecified atom stereocenters. The summed E-state index contributed by atoms with van der Waals surface area (Å²) in [5, 5.41) is 2.85. The lowest BCUT2D eigenvalue weighted by Gasteiger charge is -2.08. The Labute approximate surface area is 138 Å². The van der Waals surface area contributed by atoms with E-state index in [2.05, 4.69) is 14.1 Å². The first-order chi connectivity index (χ1) is 11.2. The highest BCUT2D eigenvalue weighted by atomic mass is 32.1. The van der Waals surface area contributed by atoms with E-state index < -0.39 is 0 Å². The normalized spacial score (nSPS) is 10.3. The summed E-state index contributed by atoms with van der Waals surface area (Å²) in [5.74, 6) is 0.450. The molecule has 3 rings (SSSR count). The fourth-order valence-electron chi connectivity index (χ4n) is 1.98. The molecule has 0 saturated heterocycles. The summed E-state index contributed by atoms with van der Waals surface area (Å²) in [7, 11) is 0. The number of aryl methyl sites for hydroxylation is 1. The number of rotatable bonds is 5. The second-order valence-corrected chi connectivity index (χ2v) is 5.46. The van der Waals surface area contributed by atoms with E-state index in [4.69, 9.17) is 4.74 Å². The van der Waals surface area contributed by atoms with Gasteiger partial charge < -0.3 is 10.1 Å². The molecule has 0 aliphatic carbocycles. The van der Waals surface area contributed by atoms with E-state index in [0.29, 0.717) is 17.9 Å². The highest BCUT2D eigenvalue weighted by Crippen LogP contribution is 2.17. The Morgan fingerprint density at radius 2 is 1.96 bits per heavy atom. The average Bonchev–Trinajstić information content (AvgIpc) is 2.99. The van der Waals surface area contributed by atoms with Crippen LogP contribution < -0.4 is 10.1 Å². The highest BCUT2D eigenvalue weighted by Gasteiger charge is 2.08. The van der Waals surface area contributed by atoms with Gasteiger partial charge in [-0.15, -0.1) is 0 Å². The van der Waals surface area contributed by atoms with Gasteiger partial charge in [-0.05, 0) is 37.3 Å². The maximum absolute atomic E-state index is 12.3. The number of anilines is 1. The van der Waals surface area contributed by atoms with Gasteiger partial charge in [0.15, 0.2) is 0 Å². The van der Waals surface area contributed by atoms with Crippen LogP contribution in [0.25, 0.3) is 0 Å². The van der Waals surface area contributed by atoms with E-state index in [1.54, 1.807) is 18.2 Å². The number of aromatic nitrogens is 2. The Bertz CT molecular complexity index is 802. The Hall–Kier alpha value is -2.73. The maximum atomic E-state index is 12.3. The van der Waals surface area contributed by atoms with Crippen molar-refractivity contribution < 1.29 is 9.53 Å². The number of carbonyl (C=O) groups is 1. The van der Waals surface area contributed by atoms with Gasteiger partial charge in [-0.3, -0.25) is 4.79 Å². The minimum atomic E-state index is -0.173. The summed E-state index contributed by atoms with van der Waals surface area (Å²) in [5.41, 5.74) is 2.98. The molecule has 2 aromatic carbocycles. The molecule has 0 bridgehead atoms. The maximum Gasteiger partial charge on any atom is 0.255 e. The molecule has 0 spiro atoms. The van der Waals surface area contributed by atoms with E-state index >= 15 is 0 Å². The Morgan fingerprint density at radius 3 is 2.70 bits per heavy atom. The number of nitrogens with one attached hydrogen (secondary N) is 1. The third kappa shape index (κ3) is 3.92. The van der Waals surface area contributed by atoms with Gasteiger partial charge in [-0.1, -0.05) is 24.3 Å². The van der Waals surface area contributed by atoms with Crippen molar-refractivity contribution in [2.24, 2.45) is 0 Å². The Morgan fingerprint density at radius 1 is 1.13 bits per heavy atom. The number of ether oxygens (including phenoxy) is 1. The molecule has 0 saturated carbocycles. The molecule has 0 atom stereocenters. The molecule has 1 heterocycles. The summed E-state index contributed by atoms with van der Waals surface area (Å²) in [6, 6.07) is 16.4. The van der Waals surface area contributed by atoms with Crippen LogP contribution in [0.2, 0.25) is 0 Å². The van der Waals surface area contributed by atoms with Crippen LogP contribution in [-0.2, 0) is 6.61 Å². The molecule has 0 radical (unpaired) electrons. The summed E-state index contributed by atoms with van der Waals surface area (Å²) in [6.07, 6.45) is 0. The van der Waals surface area contributed by atoms with Crippen LogP contribution in [0.1, 0.15) is 21.7 Å². The van der Waals surface area contributed by atoms with Gasteiger partial charge >= 0.3 is 0 Å². The largest absolute Gasteiger partial charge is 0.487 e. The molecule has 1 aromatic heterocycles. The van der Waals surface area contributed by atoms with Crippen molar-refractivity contribution in [3.63, 3.8) is 0 Å². The minimum absolute atomic E-state index is 0.173. The zero-order chi connectivity index (χ0) is 16.1. The Balaban J connectivity index is 1.67. The monoisotopic (exact) mass is 325 g/mol. The number of hydrogen-bond donors (Lipinski definition) is 1. The van der Waals surface area contributed by atoms with Crippen molar-refractivity contribution in [3.05, 3.63) is 71.5 Å². The topological polar surface area (TPSA) is 64.1 Å². The summed E-state index contributed by atoms with van der Waals surface area (Å²) in [6.45, 7) is 2.23. The third-order valence-electron chi connectivity index (χ3n) is 3.25. The van der Waals surface area contributed by atoms with Crippen LogP contribution in [0.15, 0.2) is 54.6 Å². The van der Waals surface area contributed by atoms with Crippen LogP contribution in [0.5, 0.6) is 5.75 Å². The molecule has 1 amide bonds. The van der Waals surface area contributed by atoms with E-state index in [-0.39, 0.29) is 5.91 Å². The van der Waals surface area contributed by atoms with Gasteiger partial charge in [0.2, 0.25) is 0 Å². The second kappa shape index (κ2) is 7.02. The first-order valence-corrected chi connectivity index (χ1v) is 7.83. The highest BCUT2D eigenvalue weighted by molar-refractivity contribution is 6.99. The van der Waals surface area contributed by atoms with Crippen molar-refractivity contribution in [1.82, 2.24) is 8.75 Å². The number of amides is 1. The van der Waals surface area contributed by atoms with Gasteiger partial charge in [-0.2, -0.15) is 8.75 Å². The molecule has 23 heavy (non-hydrogen) atoms. The van der Waals surface area contributed by atoms with Gasteiger partial charge in [0.1, 0.15) is 18.1 Å². The standard InChI is InChI=1S/C17H15N3O2S/c1-12-16(20-23-19-12)11-22-15-9-5-6-13(10-15)17(21)18-14-7-3-2-4-8-14/h2-10H,11H2,1H3,(H,18,21). The lowest BCUT2D eigenvalue weighted by molar-refractivity contribution is 0.102. The summed E-state index contributed by atoms with van der Waals surface area (Å²) < 4.78 is 14.0. The van der Waals surface area contributed by atoms with E-state index in [9.17, 15) is 4.79 Å². The lowest BCUT2D eigenvalue weighted by Crippen LogP contribution is -2.11. The molecular formula is C17H15N3O2S. The van der Waals surface area contributed by atoms with E-state index in [0.717, 1.165) is 17.1 Å². The van der Waals surface area contributed by atoms with Gasteiger partial charge in [0.05, 0.1) is 17.4 Å². The molecule has 3 aromatic rings. The number of nitrogens with zero attached hydrogens (tertiary/aromatic N) is 2. The van der Waals surface area contributed by atoms with Crippen LogP contribution in [0.3, 0.4) is 0 Å². The number of para-hydroxylation sites is 1. The SMILES string of the molecule is Cc1nsnc1COc1cccc(C(=O)Nc2ccccc2)c1. The van der Waals surface area contributed by atoms with Crippen LogP contribution in [-0.4, -0.2) is 14.7 Å². The van der Waals surface area contributed by atoms with Crippen molar-refractivity contribution >= 4 is 23.3 Å².